The minimum Gasteiger partial charge on any atom is -0.344 e. The third-order valence-corrected chi connectivity index (χ3v) is 4.33. The van der Waals surface area contributed by atoms with Gasteiger partial charge in [-0.15, -0.1) is 0 Å². The van der Waals surface area contributed by atoms with Gasteiger partial charge >= 0.3 is 0 Å². The number of pyridine rings is 1. The highest BCUT2D eigenvalue weighted by molar-refractivity contribution is 7.16. The number of anilines is 1. The number of hydrogen-bond donors (Lipinski definition) is 2. The Kier molecular flexibility index (Phi) is 4.35. The number of carbonyl (C=O) groups excluding carboxylic acids is 2. The van der Waals surface area contributed by atoms with Crippen molar-refractivity contribution >= 4 is 28.3 Å². The molecule has 0 bridgehead atoms. The Hall–Kier alpha value is -2.72. The van der Waals surface area contributed by atoms with Gasteiger partial charge < -0.3 is 10.6 Å². The van der Waals surface area contributed by atoms with E-state index in [1.165, 1.54) is 11.3 Å². The maximum atomic E-state index is 12.1. The van der Waals surface area contributed by atoms with Gasteiger partial charge in [0.05, 0.1) is 5.69 Å². The molecule has 0 aliphatic carbocycles. The SMILES string of the molecule is Cc1nc(NC(=O)[C@@H]2CCC(=O)N2)sc1C#Cc1ccncc1. The molecule has 0 saturated carbocycles. The minimum atomic E-state index is -0.474. The molecule has 7 heteroatoms. The number of nitrogens with zero attached hydrogens (tertiary/aromatic N) is 2. The molecule has 0 radical (unpaired) electrons. The second-order valence-electron chi connectivity index (χ2n) is 5.07. The van der Waals surface area contributed by atoms with E-state index in [-0.39, 0.29) is 11.8 Å². The zero-order valence-corrected chi connectivity index (χ0v) is 13.2. The van der Waals surface area contributed by atoms with E-state index in [2.05, 4.69) is 32.4 Å². The van der Waals surface area contributed by atoms with Crippen molar-refractivity contribution in [1.82, 2.24) is 15.3 Å². The van der Waals surface area contributed by atoms with E-state index in [1.54, 1.807) is 12.4 Å². The summed E-state index contributed by atoms with van der Waals surface area (Å²) in [6.45, 7) is 1.85. The number of rotatable bonds is 2. The predicted molar refractivity (Wildman–Crippen MR) is 86.9 cm³/mol. The van der Waals surface area contributed by atoms with Gasteiger partial charge in [0.25, 0.3) is 0 Å². The van der Waals surface area contributed by atoms with Crippen LogP contribution in [0.1, 0.15) is 29.0 Å². The summed E-state index contributed by atoms with van der Waals surface area (Å²) < 4.78 is 0. The van der Waals surface area contributed by atoms with E-state index < -0.39 is 6.04 Å². The zero-order chi connectivity index (χ0) is 16.2. The van der Waals surface area contributed by atoms with Crippen molar-refractivity contribution in [3.8, 4) is 11.8 Å². The summed E-state index contributed by atoms with van der Waals surface area (Å²) in [5.41, 5.74) is 1.63. The van der Waals surface area contributed by atoms with Crippen molar-refractivity contribution in [1.29, 1.82) is 0 Å². The van der Waals surface area contributed by atoms with Crippen molar-refractivity contribution in [3.63, 3.8) is 0 Å². The van der Waals surface area contributed by atoms with E-state index in [0.29, 0.717) is 18.0 Å². The highest BCUT2D eigenvalue weighted by atomic mass is 32.1. The van der Waals surface area contributed by atoms with E-state index in [1.807, 2.05) is 19.1 Å². The van der Waals surface area contributed by atoms with Crippen LogP contribution in [0, 0.1) is 18.8 Å². The molecule has 23 heavy (non-hydrogen) atoms. The predicted octanol–water partition coefficient (Wildman–Crippen LogP) is 1.46. The smallest absolute Gasteiger partial charge is 0.248 e. The lowest BCUT2D eigenvalue weighted by molar-refractivity contribution is -0.122. The Morgan fingerprint density at radius 2 is 2.17 bits per heavy atom. The van der Waals surface area contributed by atoms with Crippen LogP contribution in [-0.4, -0.2) is 27.8 Å². The highest BCUT2D eigenvalue weighted by Crippen LogP contribution is 2.22. The number of carbonyl (C=O) groups is 2. The third kappa shape index (κ3) is 3.73. The van der Waals surface area contributed by atoms with Gasteiger partial charge in [-0.3, -0.25) is 14.6 Å². The molecule has 2 amide bonds. The Labute approximate surface area is 137 Å². The Morgan fingerprint density at radius 3 is 2.87 bits per heavy atom. The fourth-order valence-electron chi connectivity index (χ4n) is 2.13. The number of aromatic nitrogens is 2. The number of aryl methyl sites for hydroxylation is 1. The quantitative estimate of drug-likeness (QED) is 0.819. The molecule has 2 N–H and O–H groups in total. The monoisotopic (exact) mass is 326 g/mol. The zero-order valence-electron chi connectivity index (χ0n) is 12.4. The topological polar surface area (TPSA) is 84.0 Å². The molecule has 0 aromatic carbocycles. The van der Waals surface area contributed by atoms with E-state index in [0.717, 1.165) is 16.1 Å². The number of thiazole rings is 1. The summed E-state index contributed by atoms with van der Waals surface area (Å²) in [7, 11) is 0. The minimum absolute atomic E-state index is 0.0932. The van der Waals surface area contributed by atoms with Crippen molar-refractivity contribution in [3.05, 3.63) is 40.7 Å². The van der Waals surface area contributed by atoms with E-state index in [9.17, 15) is 9.59 Å². The summed E-state index contributed by atoms with van der Waals surface area (Å²) >= 11 is 1.32. The normalized spacial score (nSPS) is 16.4. The first-order valence-corrected chi connectivity index (χ1v) is 7.93. The summed E-state index contributed by atoms with van der Waals surface area (Å²) in [6, 6.07) is 3.18. The van der Waals surface area contributed by atoms with Crippen molar-refractivity contribution in [2.75, 3.05) is 5.32 Å². The molecule has 1 atom stereocenters. The molecular weight excluding hydrogens is 312 g/mol. The summed E-state index contributed by atoms with van der Waals surface area (Å²) in [5, 5.41) is 5.87. The van der Waals surface area contributed by atoms with Crippen LogP contribution in [0.25, 0.3) is 0 Å². The molecule has 2 aromatic heterocycles. The molecule has 0 unspecified atom stereocenters. The van der Waals surface area contributed by atoms with Crippen LogP contribution in [0.2, 0.25) is 0 Å². The highest BCUT2D eigenvalue weighted by Gasteiger charge is 2.27. The van der Waals surface area contributed by atoms with Crippen LogP contribution in [-0.2, 0) is 9.59 Å². The van der Waals surface area contributed by atoms with Gasteiger partial charge in [-0.2, -0.15) is 0 Å². The summed E-state index contributed by atoms with van der Waals surface area (Å²) in [5.74, 6) is 5.77. The van der Waals surface area contributed by atoms with Gasteiger partial charge in [0.15, 0.2) is 5.13 Å². The van der Waals surface area contributed by atoms with Gasteiger partial charge in [-0.25, -0.2) is 4.98 Å². The number of hydrogen-bond acceptors (Lipinski definition) is 5. The second-order valence-corrected chi connectivity index (χ2v) is 6.07. The largest absolute Gasteiger partial charge is 0.344 e. The molecule has 116 valence electrons. The van der Waals surface area contributed by atoms with Crippen molar-refractivity contribution < 1.29 is 9.59 Å². The number of nitrogens with one attached hydrogen (secondary N) is 2. The average Bonchev–Trinajstić information content (AvgIpc) is 3.12. The molecular formula is C16H14N4O2S. The fraction of sp³-hybridized carbons (Fsp3) is 0.250. The first-order valence-electron chi connectivity index (χ1n) is 7.11. The molecule has 6 nitrogen and oxygen atoms in total. The summed E-state index contributed by atoms with van der Waals surface area (Å²) in [4.78, 5) is 32.3. The van der Waals surface area contributed by atoms with Crippen LogP contribution >= 0.6 is 11.3 Å². The molecule has 1 fully saturated rings. The third-order valence-electron chi connectivity index (χ3n) is 3.34. The van der Waals surface area contributed by atoms with Gasteiger partial charge in [0.2, 0.25) is 11.8 Å². The molecule has 2 aromatic rings. The van der Waals surface area contributed by atoms with Crippen LogP contribution in [0.3, 0.4) is 0 Å². The average molecular weight is 326 g/mol. The van der Waals surface area contributed by atoms with Crippen molar-refractivity contribution in [2.45, 2.75) is 25.8 Å². The van der Waals surface area contributed by atoms with Gasteiger partial charge in [0.1, 0.15) is 10.9 Å². The molecule has 1 aliphatic heterocycles. The second kappa shape index (κ2) is 6.58. The number of amides is 2. The lowest BCUT2D eigenvalue weighted by atomic mass is 10.2. The van der Waals surface area contributed by atoms with Crippen LogP contribution in [0.5, 0.6) is 0 Å². The van der Waals surface area contributed by atoms with Gasteiger partial charge in [-0.1, -0.05) is 17.3 Å². The molecule has 3 heterocycles. The first-order chi connectivity index (χ1) is 11.1. The Balaban J connectivity index is 1.70. The molecule has 1 aliphatic rings. The van der Waals surface area contributed by atoms with Crippen LogP contribution in [0.4, 0.5) is 5.13 Å². The summed E-state index contributed by atoms with van der Waals surface area (Å²) in [6.07, 6.45) is 4.28. The lowest BCUT2D eigenvalue weighted by Crippen LogP contribution is -2.37. The Morgan fingerprint density at radius 1 is 1.39 bits per heavy atom. The Bertz CT molecular complexity index is 804. The van der Waals surface area contributed by atoms with Crippen molar-refractivity contribution in [2.24, 2.45) is 0 Å². The molecule has 1 saturated heterocycles. The fourth-order valence-corrected chi connectivity index (χ4v) is 2.96. The standard InChI is InChI=1S/C16H14N4O2S/c1-10-13(4-2-11-6-8-17-9-7-11)23-16(18-10)20-15(22)12-3-5-14(21)19-12/h6-9,12H,3,5H2,1H3,(H,19,21)(H,18,20,22)/t12-/m0/s1. The van der Waals surface area contributed by atoms with Gasteiger partial charge in [-0.05, 0) is 31.4 Å². The maximum Gasteiger partial charge on any atom is 0.248 e. The first kappa shape index (κ1) is 15.2. The van der Waals surface area contributed by atoms with Crippen LogP contribution < -0.4 is 10.6 Å². The molecule has 3 rings (SSSR count). The van der Waals surface area contributed by atoms with E-state index >= 15 is 0 Å². The van der Waals surface area contributed by atoms with Gasteiger partial charge in [0, 0.05) is 24.4 Å². The molecule has 0 spiro atoms. The van der Waals surface area contributed by atoms with E-state index in [4.69, 9.17) is 0 Å². The maximum absolute atomic E-state index is 12.1. The lowest BCUT2D eigenvalue weighted by Gasteiger charge is -2.08. The van der Waals surface area contributed by atoms with Crippen LogP contribution in [0.15, 0.2) is 24.5 Å².